The van der Waals surface area contributed by atoms with Crippen LogP contribution in [0.5, 0.6) is 0 Å². The molecule has 0 unspecified atom stereocenters. The maximum Gasteiger partial charge on any atom is 0.169 e. The summed E-state index contributed by atoms with van der Waals surface area (Å²) in [5.74, 6) is 0.680. The fourth-order valence-corrected chi connectivity index (χ4v) is 3.43. The minimum atomic E-state index is 0.144. The van der Waals surface area contributed by atoms with Crippen LogP contribution in [0.15, 0.2) is 30.0 Å². The van der Waals surface area contributed by atoms with E-state index in [0.29, 0.717) is 12.4 Å². The van der Waals surface area contributed by atoms with Gasteiger partial charge in [-0.1, -0.05) is 12.1 Å². The minimum absolute atomic E-state index is 0.144. The van der Waals surface area contributed by atoms with Gasteiger partial charge in [-0.05, 0) is 19.1 Å². The van der Waals surface area contributed by atoms with Crippen molar-refractivity contribution in [1.82, 2.24) is 9.55 Å². The Morgan fingerprint density at radius 2 is 1.92 bits per heavy atom. The number of nitrogens with one attached hydrogen (secondary N) is 2. The molecule has 1 aromatic carbocycles. The smallest absolute Gasteiger partial charge is 0.169 e. The van der Waals surface area contributed by atoms with Gasteiger partial charge in [-0.3, -0.25) is 0 Å². The lowest BCUT2D eigenvalue weighted by Crippen LogP contribution is -3.28. The summed E-state index contributed by atoms with van der Waals surface area (Å²) in [5.41, 5.74) is 2.08. The van der Waals surface area contributed by atoms with Crippen LogP contribution in [0.2, 0.25) is 0 Å². The highest BCUT2D eigenvalue weighted by Crippen LogP contribution is 2.21. The molecule has 6 heteroatoms. The van der Waals surface area contributed by atoms with Gasteiger partial charge < -0.3 is 19.5 Å². The van der Waals surface area contributed by atoms with Crippen molar-refractivity contribution in [3.05, 3.63) is 35.8 Å². The summed E-state index contributed by atoms with van der Waals surface area (Å²) in [6.07, 6.45) is 0. The first-order valence-electron chi connectivity index (χ1n) is 8.55. The number of aliphatic hydroxyl groups is 1. The van der Waals surface area contributed by atoms with Crippen molar-refractivity contribution in [2.24, 2.45) is 7.05 Å². The van der Waals surface area contributed by atoms with E-state index in [-0.39, 0.29) is 11.3 Å². The Morgan fingerprint density at radius 3 is 2.54 bits per heavy atom. The van der Waals surface area contributed by atoms with Gasteiger partial charge in [0.15, 0.2) is 11.6 Å². The number of allylic oxidation sites excluding steroid dienone is 1. The SMILES string of the molecule is CC[NH+]1CC[NH+](CC(O)=C(C#N)c2nc3ccccc3n2C)CC1. The second-order valence-corrected chi connectivity index (χ2v) is 6.45. The zero-order valence-corrected chi connectivity index (χ0v) is 14.3. The summed E-state index contributed by atoms with van der Waals surface area (Å²) in [6, 6.07) is 9.92. The van der Waals surface area contributed by atoms with Crippen LogP contribution in [-0.4, -0.2) is 53.9 Å². The van der Waals surface area contributed by atoms with Crippen LogP contribution in [-0.2, 0) is 7.05 Å². The van der Waals surface area contributed by atoms with Gasteiger partial charge in [0, 0.05) is 7.05 Å². The third kappa shape index (κ3) is 3.14. The predicted molar refractivity (Wildman–Crippen MR) is 92.7 cm³/mol. The van der Waals surface area contributed by atoms with Crippen LogP contribution in [0.3, 0.4) is 0 Å². The fraction of sp³-hybridized carbons (Fsp3) is 0.444. The lowest BCUT2D eigenvalue weighted by atomic mass is 10.2. The molecular formula is C18H25N5O+2. The summed E-state index contributed by atoms with van der Waals surface area (Å²) >= 11 is 0. The minimum Gasteiger partial charge on any atom is -0.506 e. The highest BCUT2D eigenvalue weighted by atomic mass is 16.3. The average molecular weight is 327 g/mol. The number of quaternary nitrogens is 2. The molecule has 0 saturated carbocycles. The molecule has 0 bridgehead atoms. The molecule has 2 heterocycles. The maximum absolute atomic E-state index is 10.6. The lowest BCUT2D eigenvalue weighted by molar-refractivity contribution is -1.01. The quantitative estimate of drug-likeness (QED) is 0.507. The molecule has 1 aromatic heterocycles. The van der Waals surface area contributed by atoms with E-state index >= 15 is 0 Å². The molecule has 3 rings (SSSR count). The Bertz CT molecular complexity index is 793. The predicted octanol–water partition coefficient (Wildman–Crippen LogP) is -0.831. The van der Waals surface area contributed by atoms with Crippen LogP contribution in [0, 0.1) is 11.3 Å². The molecule has 6 nitrogen and oxygen atoms in total. The Morgan fingerprint density at radius 1 is 1.25 bits per heavy atom. The van der Waals surface area contributed by atoms with Crippen LogP contribution < -0.4 is 9.80 Å². The number of aliphatic hydroxyl groups excluding tert-OH is 1. The summed E-state index contributed by atoms with van der Waals surface area (Å²) in [4.78, 5) is 7.47. The first-order valence-corrected chi connectivity index (χ1v) is 8.55. The lowest BCUT2D eigenvalue weighted by Gasteiger charge is -2.28. The summed E-state index contributed by atoms with van der Waals surface area (Å²) < 4.78 is 1.87. The third-order valence-corrected chi connectivity index (χ3v) is 4.99. The van der Waals surface area contributed by atoms with Gasteiger partial charge in [0.05, 0.1) is 17.6 Å². The highest BCUT2D eigenvalue weighted by molar-refractivity contribution is 5.83. The van der Waals surface area contributed by atoms with Crippen molar-refractivity contribution in [3.8, 4) is 6.07 Å². The van der Waals surface area contributed by atoms with Gasteiger partial charge in [-0.2, -0.15) is 5.26 Å². The number of nitrogens with zero attached hydrogens (tertiary/aromatic N) is 3. The van der Waals surface area contributed by atoms with E-state index in [9.17, 15) is 10.4 Å². The number of aryl methyl sites for hydroxylation is 1. The summed E-state index contributed by atoms with van der Waals surface area (Å²) in [6.45, 7) is 8.13. The molecule has 1 fully saturated rings. The van der Waals surface area contributed by atoms with Crippen molar-refractivity contribution in [3.63, 3.8) is 0 Å². The van der Waals surface area contributed by atoms with Crippen molar-refractivity contribution in [2.75, 3.05) is 39.3 Å². The van der Waals surface area contributed by atoms with Gasteiger partial charge >= 0.3 is 0 Å². The average Bonchev–Trinajstić information content (AvgIpc) is 2.93. The van der Waals surface area contributed by atoms with Crippen LogP contribution in [0.1, 0.15) is 12.7 Å². The third-order valence-electron chi connectivity index (χ3n) is 4.99. The van der Waals surface area contributed by atoms with Crippen molar-refractivity contribution < 1.29 is 14.9 Å². The molecule has 0 atom stereocenters. The first kappa shape index (κ1) is 16.5. The number of piperazine rings is 1. The highest BCUT2D eigenvalue weighted by Gasteiger charge is 2.25. The number of likely N-dealkylation sites (N-methyl/N-ethyl adjacent to an activating group) is 1. The van der Waals surface area contributed by atoms with Crippen LogP contribution >= 0.6 is 0 Å². The number of rotatable bonds is 4. The second-order valence-electron chi connectivity index (χ2n) is 6.45. The van der Waals surface area contributed by atoms with E-state index in [1.165, 1.54) is 4.90 Å². The largest absolute Gasteiger partial charge is 0.506 e. The topological polar surface area (TPSA) is 70.7 Å². The van der Waals surface area contributed by atoms with E-state index in [0.717, 1.165) is 43.8 Å². The summed E-state index contributed by atoms with van der Waals surface area (Å²) in [7, 11) is 1.88. The number of benzene rings is 1. The molecule has 0 spiro atoms. The Hall–Kier alpha value is -2.36. The molecule has 0 aliphatic carbocycles. The van der Waals surface area contributed by atoms with E-state index < -0.39 is 0 Å². The summed E-state index contributed by atoms with van der Waals surface area (Å²) in [5, 5.41) is 20.1. The zero-order valence-electron chi connectivity index (χ0n) is 14.3. The molecular weight excluding hydrogens is 302 g/mol. The standard InChI is InChI=1S/C18H23N5O/c1-3-22-8-10-23(11-9-22)13-17(24)14(12-19)18-20-15-6-4-5-7-16(15)21(18)2/h4-7,24H,3,8-11,13H2,1-2H3/p+2. The van der Waals surface area contributed by atoms with Crippen molar-refractivity contribution >= 4 is 16.6 Å². The van der Waals surface area contributed by atoms with Gasteiger partial charge in [0.2, 0.25) is 0 Å². The molecule has 2 aromatic rings. The molecule has 126 valence electrons. The molecule has 0 radical (unpaired) electrons. The van der Waals surface area contributed by atoms with Gasteiger partial charge in [-0.25, -0.2) is 4.98 Å². The van der Waals surface area contributed by atoms with Crippen LogP contribution in [0.25, 0.3) is 16.6 Å². The number of fused-ring (bicyclic) bond motifs is 1. The Labute approximate surface area is 142 Å². The molecule has 0 amide bonds. The number of para-hydroxylation sites is 2. The maximum atomic E-state index is 10.6. The van der Waals surface area contributed by atoms with Crippen LogP contribution in [0.4, 0.5) is 0 Å². The van der Waals surface area contributed by atoms with E-state index in [1.54, 1.807) is 4.90 Å². The Kier molecular flexibility index (Phi) is 4.84. The van der Waals surface area contributed by atoms with Gasteiger partial charge in [0.25, 0.3) is 0 Å². The number of imidazole rings is 1. The Balaban J connectivity index is 1.85. The number of hydrogen-bond donors (Lipinski definition) is 3. The number of nitriles is 1. The first-order chi connectivity index (χ1) is 11.6. The second kappa shape index (κ2) is 7.04. The van der Waals surface area contributed by atoms with Gasteiger partial charge in [0.1, 0.15) is 44.4 Å². The van der Waals surface area contributed by atoms with Gasteiger partial charge in [-0.15, -0.1) is 0 Å². The van der Waals surface area contributed by atoms with E-state index in [4.69, 9.17) is 0 Å². The van der Waals surface area contributed by atoms with Crippen molar-refractivity contribution in [2.45, 2.75) is 6.92 Å². The molecule has 1 aliphatic heterocycles. The van der Waals surface area contributed by atoms with E-state index in [1.807, 2.05) is 35.9 Å². The fourth-order valence-electron chi connectivity index (χ4n) is 3.43. The number of aromatic nitrogens is 2. The van der Waals surface area contributed by atoms with Crippen molar-refractivity contribution in [1.29, 1.82) is 5.26 Å². The van der Waals surface area contributed by atoms with E-state index in [2.05, 4.69) is 18.0 Å². The zero-order chi connectivity index (χ0) is 17.1. The monoisotopic (exact) mass is 327 g/mol. The molecule has 24 heavy (non-hydrogen) atoms. The molecule has 3 N–H and O–H groups in total. The normalized spacial score (nSPS) is 22.2. The molecule has 1 aliphatic rings. The number of hydrogen-bond acceptors (Lipinski definition) is 3. The molecule has 1 saturated heterocycles.